The molecule has 2 heterocycles. The lowest BCUT2D eigenvalue weighted by Gasteiger charge is -2.34. The van der Waals surface area contributed by atoms with Crippen LogP contribution in [0.3, 0.4) is 0 Å². The van der Waals surface area contributed by atoms with E-state index in [1.54, 1.807) is 0 Å². The van der Waals surface area contributed by atoms with E-state index in [1.165, 1.54) is 5.56 Å². The lowest BCUT2D eigenvalue weighted by Crippen LogP contribution is -2.38. The molecule has 3 rings (SSSR count). The SMILES string of the molecule is CC1CSCC1(O)CC1CCOc2ccccc21. The highest BCUT2D eigenvalue weighted by atomic mass is 32.2. The number of hydrogen-bond acceptors (Lipinski definition) is 3. The number of rotatable bonds is 2. The van der Waals surface area contributed by atoms with Crippen molar-refractivity contribution in [3.05, 3.63) is 29.8 Å². The second-order valence-corrected chi connectivity index (χ2v) is 6.63. The molecule has 0 radical (unpaired) electrons. The van der Waals surface area contributed by atoms with Gasteiger partial charge in [-0.05, 0) is 42.1 Å². The first-order chi connectivity index (χ1) is 8.69. The molecular weight excluding hydrogens is 244 g/mol. The molecule has 0 aliphatic carbocycles. The van der Waals surface area contributed by atoms with Crippen molar-refractivity contribution in [2.45, 2.75) is 31.3 Å². The van der Waals surface area contributed by atoms with Gasteiger partial charge in [0.05, 0.1) is 12.2 Å². The first-order valence-electron chi connectivity index (χ1n) is 6.71. The molecule has 2 nitrogen and oxygen atoms in total. The molecule has 1 aromatic rings. The minimum atomic E-state index is -0.486. The van der Waals surface area contributed by atoms with E-state index in [0.717, 1.165) is 36.7 Å². The largest absolute Gasteiger partial charge is 0.493 e. The number of fused-ring (bicyclic) bond motifs is 1. The Morgan fingerprint density at radius 2 is 2.28 bits per heavy atom. The average molecular weight is 264 g/mol. The van der Waals surface area contributed by atoms with Gasteiger partial charge in [-0.25, -0.2) is 0 Å². The van der Waals surface area contributed by atoms with Gasteiger partial charge in [0, 0.05) is 5.75 Å². The van der Waals surface area contributed by atoms with E-state index >= 15 is 0 Å². The van der Waals surface area contributed by atoms with Crippen molar-refractivity contribution >= 4 is 11.8 Å². The van der Waals surface area contributed by atoms with E-state index in [1.807, 2.05) is 23.9 Å². The minimum absolute atomic E-state index is 0.400. The van der Waals surface area contributed by atoms with Gasteiger partial charge in [0.1, 0.15) is 5.75 Å². The van der Waals surface area contributed by atoms with Gasteiger partial charge < -0.3 is 9.84 Å². The maximum atomic E-state index is 10.8. The number of ether oxygens (including phenoxy) is 1. The smallest absolute Gasteiger partial charge is 0.122 e. The summed E-state index contributed by atoms with van der Waals surface area (Å²) in [7, 11) is 0. The van der Waals surface area contributed by atoms with E-state index in [9.17, 15) is 5.11 Å². The summed E-state index contributed by atoms with van der Waals surface area (Å²) in [5.41, 5.74) is 0.793. The summed E-state index contributed by atoms with van der Waals surface area (Å²) in [5.74, 6) is 3.82. The van der Waals surface area contributed by atoms with E-state index in [4.69, 9.17) is 4.74 Å². The van der Waals surface area contributed by atoms with Crippen LogP contribution in [0.5, 0.6) is 5.75 Å². The maximum Gasteiger partial charge on any atom is 0.122 e. The zero-order valence-electron chi connectivity index (χ0n) is 10.8. The van der Waals surface area contributed by atoms with Gasteiger partial charge >= 0.3 is 0 Å². The Balaban J connectivity index is 1.82. The summed E-state index contributed by atoms with van der Waals surface area (Å²) < 4.78 is 5.69. The predicted octanol–water partition coefficient (Wildman–Crippen LogP) is 3.06. The van der Waals surface area contributed by atoms with Crippen molar-refractivity contribution in [3.8, 4) is 5.75 Å². The average Bonchev–Trinajstić information content (AvgIpc) is 2.70. The van der Waals surface area contributed by atoms with Crippen LogP contribution in [0.25, 0.3) is 0 Å². The summed E-state index contributed by atoms with van der Waals surface area (Å²) >= 11 is 1.88. The van der Waals surface area contributed by atoms with Gasteiger partial charge in [0.2, 0.25) is 0 Å². The van der Waals surface area contributed by atoms with Crippen molar-refractivity contribution in [3.63, 3.8) is 0 Å². The van der Waals surface area contributed by atoms with Gasteiger partial charge in [-0.15, -0.1) is 0 Å². The molecule has 0 aromatic heterocycles. The van der Waals surface area contributed by atoms with Gasteiger partial charge in [-0.3, -0.25) is 0 Å². The van der Waals surface area contributed by atoms with Crippen LogP contribution in [-0.2, 0) is 0 Å². The normalized spacial score (nSPS) is 35.0. The Labute approximate surface area is 113 Å². The topological polar surface area (TPSA) is 29.5 Å². The van der Waals surface area contributed by atoms with E-state index in [0.29, 0.717) is 11.8 Å². The predicted molar refractivity (Wildman–Crippen MR) is 75.4 cm³/mol. The quantitative estimate of drug-likeness (QED) is 0.890. The van der Waals surface area contributed by atoms with E-state index < -0.39 is 5.60 Å². The van der Waals surface area contributed by atoms with Crippen LogP contribution in [0.1, 0.15) is 31.2 Å². The fraction of sp³-hybridized carbons (Fsp3) is 0.600. The molecule has 1 aromatic carbocycles. The molecule has 0 bridgehead atoms. The number of benzene rings is 1. The van der Waals surface area contributed by atoms with E-state index in [-0.39, 0.29) is 0 Å². The molecule has 1 N–H and O–H groups in total. The second kappa shape index (κ2) is 4.78. The fourth-order valence-electron chi connectivity index (χ4n) is 3.02. The van der Waals surface area contributed by atoms with Crippen molar-refractivity contribution in [1.29, 1.82) is 0 Å². The third-order valence-corrected chi connectivity index (χ3v) is 5.76. The van der Waals surface area contributed by atoms with Gasteiger partial charge in [-0.2, -0.15) is 11.8 Å². The Hall–Kier alpha value is -0.670. The summed E-state index contributed by atoms with van der Waals surface area (Å²) in [5, 5.41) is 10.8. The number of aliphatic hydroxyl groups is 1. The van der Waals surface area contributed by atoms with Crippen LogP contribution in [0.2, 0.25) is 0 Å². The molecule has 18 heavy (non-hydrogen) atoms. The number of para-hydroxylation sites is 1. The molecule has 1 saturated heterocycles. The molecule has 0 spiro atoms. The monoisotopic (exact) mass is 264 g/mol. The molecule has 0 amide bonds. The lowest BCUT2D eigenvalue weighted by molar-refractivity contribution is 0.00875. The Morgan fingerprint density at radius 3 is 3.06 bits per heavy atom. The highest BCUT2D eigenvalue weighted by Gasteiger charge is 2.41. The molecular formula is C15H20O2S. The second-order valence-electron chi connectivity index (χ2n) is 5.60. The highest BCUT2D eigenvalue weighted by Crippen LogP contribution is 2.44. The Bertz CT molecular complexity index is 434. The third kappa shape index (κ3) is 2.14. The number of hydrogen-bond donors (Lipinski definition) is 1. The summed E-state index contributed by atoms with van der Waals surface area (Å²) in [4.78, 5) is 0. The van der Waals surface area contributed by atoms with Crippen molar-refractivity contribution in [2.24, 2.45) is 5.92 Å². The van der Waals surface area contributed by atoms with Crippen LogP contribution in [0, 0.1) is 5.92 Å². The Morgan fingerprint density at radius 1 is 1.44 bits per heavy atom. The molecule has 3 atom stereocenters. The van der Waals surface area contributed by atoms with Crippen molar-refractivity contribution < 1.29 is 9.84 Å². The highest BCUT2D eigenvalue weighted by molar-refractivity contribution is 7.99. The van der Waals surface area contributed by atoms with Gasteiger partial charge in [-0.1, -0.05) is 25.1 Å². The van der Waals surface area contributed by atoms with E-state index in [2.05, 4.69) is 19.1 Å². The van der Waals surface area contributed by atoms with Crippen molar-refractivity contribution in [2.75, 3.05) is 18.1 Å². The molecule has 2 aliphatic heterocycles. The third-order valence-electron chi connectivity index (χ3n) is 4.32. The zero-order chi connectivity index (χ0) is 12.6. The van der Waals surface area contributed by atoms with Gasteiger partial charge in [0.15, 0.2) is 0 Å². The molecule has 3 heteroatoms. The molecule has 0 saturated carbocycles. The van der Waals surface area contributed by atoms with Crippen LogP contribution < -0.4 is 4.74 Å². The summed E-state index contributed by atoms with van der Waals surface area (Å²) in [6.45, 7) is 2.95. The maximum absolute atomic E-state index is 10.8. The van der Waals surface area contributed by atoms with Crippen LogP contribution in [0.15, 0.2) is 24.3 Å². The summed E-state index contributed by atoms with van der Waals surface area (Å²) in [6, 6.07) is 8.27. The first-order valence-corrected chi connectivity index (χ1v) is 7.86. The Kier molecular flexibility index (Phi) is 3.29. The molecule has 1 fully saturated rings. The zero-order valence-corrected chi connectivity index (χ0v) is 11.6. The lowest BCUT2D eigenvalue weighted by atomic mass is 9.79. The van der Waals surface area contributed by atoms with Crippen LogP contribution in [-0.4, -0.2) is 28.8 Å². The number of thioether (sulfide) groups is 1. The van der Waals surface area contributed by atoms with Crippen molar-refractivity contribution in [1.82, 2.24) is 0 Å². The van der Waals surface area contributed by atoms with Crippen LogP contribution >= 0.6 is 11.8 Å². The summed E-state index contributed by atoms with van der Waals surface area (Å²) in [6.07, 6.45) is 1.90. The molecule has 2 aliphatic rings. The molecule has 98 valence electrons. The minimum Gasteiger partial charge on any atom is -0.493 e. The van der Waals surface area contributed by atoms with Crippen LogP contribution in [0.4, 0.5) is 0 Å². The fourth-order valence-corrected chi connectivity index (χ4v) is 4.56. The standard InChI is InChI=1S/C15H20O2S/c1-11-9-18-10-15(11,16)8-12-6-7-17-14-5-3-2-4-13(12)14/h2-5,11-12,16H,6-10H2,1H3. The first kappa shape index (κ1) is 12.4. The molecule has 3 unspecified atom stereocenters. The van der Waals surface area contributed by atoms with Gasteiger partial charge in [0.25, 0.3) is 0 Å².